The maximum absolute atomic E-state index is 11.2. The molecule has 0 atom stereocenters. The largest absolute Gasteiger partial charge is 0.354 e. The molecule has 3 heterocycles. The van der Waals surface area contributed by atoms with Crippen LogP contribution < -0.4 is 10.6 Å². The highest BCUT2D eigenvalue weighted by Crippen LogP contribution is 2.35. The first-order valence-corrected chi connectivity index (χ1v) is 8.28. The Morgan fingerprint density at radius 2 is 1.96 bits per heavy atom. The van der Waals surface area contributed by atoms with Crippen LogP contribution in [0.15, 0.2) is 42.5 Å². The zero-order valence-electron chi connectivity index (χ0n) is 14.2. The Morgan fingerprint density at radius 1 is 1.16 bits per heavy atom. The summed E-state index contributed by atoms with van der Waals surface area (Å²) in [7, 11) is 0. The van der Waals surface area contributed by atoms with Crippen molar-refractivity contribution >= 4 is 17.5 Å². The Hall–Kier alpha value is -3.15. The fourth-order valence-electron chi connectivity index (χ4n) is 3.15. The van der Waals surface area contributed by atoms with E-state index in [1.807, 2.05) is 49.4 Å². The van der Waals surface area contributed by atoms with Crippen LogP contribution in [0.25, 0.3) is 22.6 Å². The second kappa shape index (κ2) is 6.05. The van der Waals surface area contributed by atoms with Crippen molar-refractivity contribution in [3.05, 3.63) is 48.2 Å². The van der Waals surface area contributed by atoms with Gasteiger partial charge in [-0.25, -0.2) is 4.98 Å². The van der Waals surface area contributed by atoms with E-state index < -0.39 is 0 Å². The van der Waals surface area contributed by atoms with E-state index in [4.69, 9.17) is 4.98 Å². The Kier molecular flexibility index (Phi) is 3.72. The smallest absolute Gasteiger partial charge is 0.221 e. The fourth-order valence-corrected chi connectivity index (χ4v) is 3.15. The monoisotopic (exact) mass is 333 g/mol. The molecule has 2 N–H and O–H groups in total. The third-order valence-electron chi connectivity index (χ3n) is 4.20. The van der Waals surface area contributed by atoms with Gasteiger partial charge in [0, 0.05) is 37.0 Å². The van der Waals surface area contributed by atoms with Crippen molar-refractivity contribution in [2.75, 3.05) is 17.2 Å². The lowest BCUT2D eigenvalue weighted by Gasteiger charge is -2.09. The molecule has 25 heavy (non-hydrogen) atoms. The number of amides is 1. The third-order valence-corrected chi connectivity index (χ3v) is 4.20. The summed E-state index contributed by atoms with van der Waals surface area (Å²) >= 11 is 0. The number of fused-ring (bicyclic) bond motifs is 1. The minimum Gasteiger partial charge on any atom is -0.354 e. The zero-order valence-corrected chi connectivity index (χ0v) is 14.2. The standard InChI is InChI=1S/C19H19N5O/c1-12-4-3-5-16(21-12)17-18(24-11-10-20-19(24)23-17)14-6-8-15(9-7-14)22-13(2)25/h3-9H,10-11H2,1-2H3,(H,20,23)(H,22,25). The van der Waals surface area contributed by atoms with E-state index in [1.54, 1.807) is 0 Å². The summed E-state index contributed by atoms with van der Waals surface area (Å²) in [4.78, 5) is 20.6. The van der Waals surface area contributed by atoms with Gasteiger partial charge in [0.1, 0.15) is 5.69 Å². The number of nitrogens with zero attached hydrogens (tertiary/aromatic N) is 3. The van der Waals surface area contributed by atoms with Crippen molar-refractivity contribution < 1.29 is 4.79 Å². The molecule has 1 amide bonds. The number of hydrogen-bond acceptors (Lipinski definition) is 4. The molecule has 6 heteroatoms. The summed E-state index contributed by atoms with van der Waals surface area (Å²) in [6, 6.07) is 13.8. The van der Waals surface area contributed by atoms with Crippen LogP contribution in [0.1, 0.15) is 12.6 Å². The highest BCUT2D eigenvalue weighted by Gasteiger charge is 2.23. The number of carbonyl (C=O) groups excluding carboxylic acids is 1. The van der Waals surface area contributed by atoms with Crippen molar-refractivity contribution in [1.82, 2.24) is 14.5 Å². The number of benzene rings is 1. The summed E-state index contributed by atoms with van der Waals surface area (Å²) in [6.45, 7) is 5.23. The quantitative estimate of drug-likeness (QED) is 0.771. The number of aryl methyl sites for hydroxylation is 1. The summed E-state index contributed by atoms with van der Waals surface area (Å²) in [5, 5.41) is 6.12. The van der Waals surface area contributed by atoms with Gasteiger partial charge >= 0.3 is 0 Å². The number of rotatable bonds is 3. The lowest BCUT2D eigenvalue weighted by molar-refractivity contribution is -0.114. The molecular formula is C19H19N5O. The number of carbonyl (C=O) groups is 1. The van der Waals surface area contributed by atoms with Gasteiger partial charge in [0.25, 0.3) is 0 Å². The van der Waals surface area contributed by atoms with Gasteiger partial charge in [-0.1, -0.05) is 18.2 Å². The van der Waals surface area contributed by atoms with Crippen molar-refractivity contribution in [3.8, 4) is 22.6 Å². The molecule has 0 aliphatic carbocycles. The van der Waals surface area contributed by atoms with Crippen LogP contribution in [0.4, 0.5) is 11.6 Å². The van der Waals surface area contributed by atoms with Gasteiger partial charge in [0.05, 0.1) is 11.4 Å². The number of nitrogens with one attached hydrogen (secondary N) is 2. The van der Waals surface area contributed by atoms with Crippen molar-refractivity contribution in [2.45, 2.75) is 20.4 Å². The predicted octanol–water partition coefficient (Wildman–Crippen LogP) is 3.30. The lowest BCUT2D eigenvalue weighted by atomic mass is 10.1. The summed E-state index contributed by atoms with van der Waals surface area (Å²) < 4.78 is 2.19. The van der Waals surface area contributed by atoms with E-state index in [1.165, 1.54) is 6.92 Å². The molecule has 2 aromatic heterocycles. The average molecular weight is 333 g/mol. The molecule has 0 saturated heterocycles. The molecule has 0 radical (unpaired) electrons. The normalized spacial score (nSPS) is 12.6. The molecule has 126 valence electrons. The van der Waals surface area contributed by atoms with E-state index in [2.05, 4.69) is 20.2 Å². The minimum absolute atomic E-state index is 0.0770. The molecule has 1 aromatic carbocycles. The molecule has 1 aliphatic heterocycles. The van der Waals surface area contributed by atoms with E-state index in [0.29, 0.717) is 0 Å². The molecule has 0 fully saturated rings. The first-order chi connectivity index (χ1) is 12.1. The van der Waals surface area contributed by atoms with Gasteiger partial charge in [0.15, 0.2) is 0 Å². The number of pyridine rings is 1. The van der Waals surface area contributed by atoms with Crippen LogP contribution in [-0.2, 0) is 11.3 Å². The number of imidazole rings is 1. The molecule has 0 bridgehead atoms. The van der Waals surface area contributed by atoms with Crippen LogP contribution in [0.2, 0.25) is 0 Å². The SMILES string of the molecule is CC(=O)Nc1ccc(-c2c(-c3cccc(C)n3)nc3n2CCN3)cc1. The number of aromatic nitrogens is 3. The first-order valence-electron chi connectivity index (χ1n) is 8.28. The van der Waals surface area contributed by atoms with Crippen LogP contribution in [-0.4, -0.2) is 27.0 Å². The Bertz CT molecular complexity index is 943. The van der Waals surface area contributed by atoms with Crippen molar-refractivity contribution in [1.29, 1.82) is 0 Å². The van der Waals surface area contributed by atoms with Gasteiger partial charge in [-0.3, -0.25) is 9.78 Å². The van der Waals surface area contributed by atoms with Crippen LogP contribution in [0.3, 0.4) is 0 Å². The van der Waals surface area contributed by atoms with Crippen molar-refractivity contribution in [2.24, 2.45) is 0 Å². The number of anilines is 2. The van der Waals surface area contributed by atoms with E-state index in [-0.39, 0.29) is 5.91 Å². The molecule has 0 spiro atoms. The van der Waals surface area contributed by atoms with Crippen LogP contribution in [0, 0.1) is 6.92 Å². The number of hydrogen-bond donors (Lipinski definition) is 2. The van der Waals surface area contributed by atoms with E-state index in [9.17, 15) is 4.79 Å². The topological polar surface area (TPSA) is 71.8 Å². The van der Waals surface area contributed by atoms with Gasteiger partial charge < -0.3 is 15.2 Å². The van der Waals surface area contributed by atoms with Gasteiger partial charge in [-0.15, -0.1) is 0 Å². The Morgan fingerprint density at radius 3 is 2.68 bits per heavy atom. The van der Waals surface area contributed by atoms with E-state index in [0.717, 1.165) is 53.1 Å². The minimum atomic E-state index is -0.0770. The molecule has 3 aromatic rings. The molecule has 0 unspecified atom stereocenters. The molecular weight excluding hydrogens is 314 g/mol. The Labute approximate surface area is 145 Å². The average Bonchev–Trinajstić information content (AvgIpc) is 3.16. The van der Waals surface area contributed by atoms with Crippen LogP contribution in [0.5, 0.6) is 0 Å². The molecule has 6 nitrogen and oxygen atoms in total. The maximum Gasteiger partial charge on any atom is 0.221 e. The second-order valence-electron chi connectivity index (χ2n) is 6.13. The third kappa shape index (κ3) is 2.87. The summed E-state index contributed by atoms with van der Waals surface area (Å²) in [5.41, 5.74) is 5.58. The Balaban J connectivity index is 1.82. The fraction of sp³-hybridized carbons (Fsp3) is 0.211. The summed E-state index contributed by atoms with van der Waals surface area (Å²) in [6.07, 6.45) is 0. The first kappa shape index (κ1) is 15.4. The maximum atomic E-state index is 11.2. The van der Waals surface area contributed by atoms with Gasteiger partial charge in [-0.2, -0.15) is 0 Å². The van der Waals surface area contributed by atoms with Gasteiger partial charge in [0.2, 0.25) is 11.9 Å². The summed E-state index contributed by atoms with van der Waals surface area (Å²) in [5.74, 6) is 0.797. The van der Waals surface area contributed by atoms with E-state index >= 15 is 0 Å². The molecule has 0 saturated carbocycles. The molecule has 4 rings (SSSR count). The lowest BCUT2D eigenvalue weighted by Crippen LogP contribution is -2.05. The van der Waals surface area contributed by atoms with Gasteiger partial charge in [-0.05, 0) is 31.2 Å². The highest BCUT2D eigenvalue weighted by molar-refractivity contribution is 5.89. The highest BCUT2D eigenvalue weighted by atomic mass is 16.1. The van der Waals surface area contributed by atoms with Crippen molar-refractivity contribution in [3.63, 3.8) is 0 Å². The molecule has 1 aliphatic rings. The second-order valence-corrected chi connectivity index (χ2v) is 6.13. The van der Waals surface area contributed by atoms with Crippen LogP contribution >= 0.6 is 0 Å². The zero-order chi connectivity index (χ0) is 17.4. The predicted molar refractivity (Wildman–Crippen MR) is 98.4 cm³/mol.